The molecule has 0 aliphatic carbocycles. The van der Waals surface area contributed by atoms with Gasteiger partial charge in [-0.05, 0) is 54.0 Å². The SMILES string of the molecule is [B]C([B])([B])Oc1ccc(C(=O)Nc2cc3cc(-c4cnc(C)n4C)ncc3cn2)cc1. The van der Waals surface area contributed by atoms with Crippen molar-refractivity contribution in [2.45, 2.75) is 12.2 Å². The Labute approximate surface area is 183 Å². The number of ether oxygens (including phenoxy) is 1. The lowest BCUT2D eigenvalue weighted by atomic mass is 9.52. The van der Waals surface area contributed by atoms with Crippen molar-refractivity contribution in [1.82, 2.24) is 19.5 Å². The smallest absolute Gasteiger partial charge is 0.256 e. The Kier molecular flexibility index (Phi) is 5.31. The minimum absolute atomic E-state index is 0.325. The molecule has 0 unspecified atom stereocenters. The molecule has 0 saturated heterocycles. The predicted octanol–water partition coefficient (Wildman–Crippen LogP) is 2.09. The van der Waals surface area contributed by atoms with E-state index < -0.39 is 5.30 Å². The summed E-state index contributed by atoms with van der Waals surface area (Å²) < 4.78 is 7.11. The Hall–Kier alpha value is -3.55. The number of hydrogen-bond donors (Lipinski definition) is 1. The summed E-state index contributed by atoms with van der Waals surface area (Å²) in [7, 11) is 18.2. The number of carbonyl (C=O) groups is 1. The number of benzene rings is 1. The van der Waals surface area contributed by atoms with Gasteiger partial charge in [-0.15, -0.1) is 0 Å². The van der Waals surface area contributed by atoms with Gasteiger partial charge in [-0.1, -0.05) is 0 Å². The summed E-state index contributed by atoms with van der Waals surface area (Å²) >= 11 is 0. The van der Waals surface area contributed by atoms with Crippen LogP contribution in [-0.4, -0.2) is 54.3 Å². The van der Waals surface area contributed by atoms with Crippen molar-refractivity contribution in [2.24, 2.45) is 7.05 Å². The van der Waals surface area contributed by atoms with Crippen molar-refractivity contribution in [3.8, 4) is 17.1 Å². The van der Waals surface area contributed by atoms with E-state index >= 15 is 0 Å². The summed E-state index contributed by atoms with van der Waals surface area (Å²) in [6.45, 7) is 1.93. The maximum Gasteiger partial charge on any atom is 0.256 e. The van der Waals surface area contributed by atoms with Crippen LogP contribution in [-0.2, 0) is 7.05 Å². The molecule has 31 heavy (non-hydrogen) atoms. The van der Waals surface area contributed by atoms with E-state index in [1.54, 1.807) is 48.9 Å². The molecule has 10 heteroatoms. The molecule has 0 spiro atoms. The molecule has 4 rings (SSSR count). The fraction of sp³-hybridized carbons (Fsp3) is 0.143. The first kappa shape index (κ1) is 20.7. The van der Waals surface area contributed by atoms with Crippen molar-refractivity contribution < 1.29 is 9.53 Å². The number of aromatic nitrogens is 4. The highest BCUT2D eigenvalue weighted by atomic mass is 16.5. The molecule has 7 nitrogen and oxygen atoms in total. The Morgan fingerprint density at radius 3 is 2.35 bits per heavy atom. The third-order valence-electron chi connectivity index (χ3n) is 4.74. The van der Waals surface area contributed by atoms with Gasteiger partial charge in [0.2, 0.25) is 0 Å². The largest absolute Gasteiger partial charge is 0.516 e. The zero-order chi connectivity index (χ0) is 22.2. The van der Waals surface area contributed by atoms with Crippen LogP contribution in [0.25, 0.3) is 22.2 Å². The highest BCUT2D eigenvalue weighted by molar-refractivity contribution is 6.58. The van der Waals surface area contributed by atoms with Crippen LogP contribution in [0.2, 0.25) is 0 Å². The van der Waals surface area contributed by atoms with Crippen LogP contribution in [0.4, 0.5) is 5.82 Å². The van der Waals surface area contributed by atoms with Gasteiger partial charge in [-0.2, -0.15) is 0 Å². The van der Waals surface area contributed by atoms with Crippen molar-refractivity contribution in [2.75, 3.05) is 5.32 Å². The summed E-state index contributed by atoms with van der Waals surface area (Å²) in [5, 5.41) is 2.75. The lowest BCUT2D eigenvalue weighted by Crippen LogP contribution is -2.37. The normalized spacial score (nSPS) is 11.4. The molecule has 146 valence electrons. The van der Waals surface area contributed by atoms with Gasteiger partial charge in [0.15, 0.2) is 0 Å². The maximum atomic E-state index is 12.6. The quantitative estimate of drug-likeness (QED) is 0.517. The number of anilines is 1. The van der Waals surface area contributed by atoms with Gasteiger partial charge in [-0.3, -0.25) is 9.78 Å². The van der Waals surface area contributed by atoms with E-state index in [1.165, 1.54) is 0 Å². The average molecular weight is 403 g/mol. The lowest BCUT2D eigenvalue weighted by molar-refractivity contribution is 0.102. The number of fused-ring (bicyclic) bond motifs is 1. The molecule has 6 radical (unpaired) electrons. The van der Waals surface area contributed by atoms with E-state index in [9.17, 15) is 4.79 Å². The molecule has 1 aromatic carbocycles. The predicted molar refractivity (Wildman–Crippen MR) is 121 cm³/mol. The Morgan fingerprint density at radius 1 is 1.00 bits per heavy atom. The number of nitrogens with one attached hydrogen (secondary N) is 1. The zero-order valence-electron chi connectivity index (χ0n) is 17.0. The summed E-state index contributed by atoms with van der Waals surface area (Å²) in [4.78, 5) is 25.7. The van der Waals surface area contributed by atoms with Gasteiger partial charge in [0.1, 0.15) is 40.9 Å². The minimum Gasteiger partial charge on any atom is -0.516 e. The molecule has 3 heterocycles. The first-order chi connectivity index (χ1) is 14.7. The molecular weight excluding hydrogens is 387 g/mol. The molecule has 0 aliphatic rings. The molecule has 1 N–H and O–H groups in total. The molecule has 3 aromatic heterocycles. The van der Waals surface area contributed by atoms with Crippen LogP contribution in [0.1, 0.15) is 16.2 Å². The number of hydrogen-bond acceptors (Lipinski definition) is 5. The summed E-state index contributed by atoms with van der Waals surface area (Å²) in [5.74, 6) is 1.33. The molecule has 0 saturated carbocycles. The van der Waals surface area contributed by atoms with Crippen molar-refractivity contribution in [3.63, 3.8) is 0 Å². The fourth-order valence-electron chi connectivity index (χ4n) is 3.05. The molecule has 0 bridgehead atoms. The standard InChI is InChI=1S/C21H16B3N5O2/c1-12-25-11-18(29(12)2)17-7-14-8-19(27-10-15(14)9-26-17)28-20(30)13-3-5-16(6-4-13)31-21(22,23)24/h3-11H,1-2H3,(H,27,28,30). The van der Waals surface area contributed by atoms with E-state index in [-0.39, 0.29) is 5.91 Å². The van der Waals surface area contributed by atoms with E-state index in [4.69, 9.17) is 28.3 Å². The second-order valence-corrected chi connectivity index (χ2v) is 7.17. The summed E-state index contributed by atoms with van der Waals surface area (Å²) in [6, 6.07) is 9.99. The first-order valence-corrected chi connectivity index (χ1v) is 9.41. The second kappa shape index (κ2) is 7.94. The Balaban J connectivity index is 1.55. The number of imidazole rings is 1. The number of rotatable bonds is 5. The zero-order valence-corrected chi connectivity index (χ0v) is 17.0. The van der Waals surface area contributed by atoms with E-state index in [0.717, 1.165) is 28.0 Å². The number of amides is 1. The monoisotopic (exact) mass is 403 g/mol. The highest BCUT2D eigenvalue weighted by Crippen LogP contribution is 2.24. The van der Waals surface area contributed by atoms with E-state index in [0.29, 0.717) is 17.1 Å². The Morgan fingerprint density at radius 2 is 1.71 bits per heavy atom. The van der Waals surface area contributed by atoms with Crippen molar-refractivity contribution in [3.05, 3.63) is 66.4 Å². The second-order valence-electron chi connectivity index (χ2n) is 7.17. The average Bonchev–Trinajstić information content (AvgIpc) is 3.05. The minimum atomic E-state index is -1.79. The summed E-state index contributed by atoms with van der Waals surface area (Å²) in [5.41, 5.74) is 2.10. The number of carbonyl (C=O) groups excluding carboxylic acids is 1. The van der Waals surface area contributed by atoms with E-state index in [2.05, 4.69) is 20.3 Å². The fourth-order valence-corrected chi connectivity index (χ4v) is 3.05. The first-order valence-electron chi connectivity index (χ1n) is 9.41. The van der Waals surface area contributed by atoms with Crippen LogP contribution in [0.3, 0.4) is 0 Å². The van der Waals surface area contributed by atoms with Gasteiger partial charge in [0, 0.05) is 30.4 Å². The maximum absolute atomic E-state index is 12.6. The molecular formula is C21H16B3N5O2. The van der Waals surface area contributed by atoms with Crippen LogP contribution < -0.4 is 10.1 Å². The Bertz CT molecular complexity index is 1270. The molecule has 4 aromatic rings. The molecule has 0 fully saturated rings. The summed E-state index contributed by atoms with van der Waals surface area (Å²) in [6.07, 6.45) is 5.19. The molecule has 0 aliphatic heterocycles. The van der Waals surface area contributed by atoms with Crippen molar-refractivity contribution in [1.29, 1.82) is 0 Å². The van der Waals surface area contributed by atoms with Gasteiger partial charge >= 0.3 is 0 Å². The van der Waals surface area contributed by atoms with Gasteiger partial charge in [-0.25, -0.2) is 9.97 Å². The van der Waals surface area contributed by atoms with E-state index in [1.807, 2.05) is 24.6 Å². The van der Waals surface area contributed by atoms with Crippen LogP contribution >= 0.6 is 0 Å². The number of pyridine rings is 2. The lowest BCUT2D eigenvalue weighted by Gasteiger charge is -2.23. The topological polar surface area (TPSA) is 81.9 Å². The number of aryl methyl sites for hydroxylation is 1. The molecule has 1 amide bonds. The third kappa shape index (κ3) is 4.63. The van der Waals surface area contributed by atoms with Gasteiger partial charge < -0.3 is 14.6 Å². The highest BCUT2D eigenvalue weighted by Gasteiger charge is 2.13. The van der Waals surface area contributed by atoms with Crippen molar-refractivity contribution >= 4 is 46.0 Å². The molecule has 0 atom stereocenters. The van der Waals surface area contributed by atoms with Crippen LogP contribution in [0.15, 0.2) is 55.0 Å². The number of nitrogens with zero attached hydrogens (tertiary/aromatic N) is 4. The van der Waals surface area contributed by atoms with Crippen LogP contribution in [0.5, 0.6) is 5.75 Å². The van der Waals surface area contributed by atoms with Crippen LogP contribution in [0, 0.1) is 6.92 Å². The third-order valence-corrected chi connectivity index (χ3v) is 4.74. The van der Waals surface area contributed by atoms with Gasteiger partial charge in [0.25, 0.3) is 5.91 Å². The van der Waals surface area contributed by atoms with Gasteiger partial charge in [0.05, 0.1) is 17.6 Å².